The van der Waals surface area contributed by atoms with Crippen molar-refractivity contribution in [1.82, 2.24) is 9.88 Å². The second-order valence-corrected chi connectivity index (χ2v) is 10.3. The van der Waals surface area contributed by atoms with Crippen LogP contribution in [0, 0.1) is 13.8 Å². The average molecular weight is 470 g/mol. The zero-order valence-electron chi connectivity index (χ0n) is 16.2. The fourth-order valence-electron chi connectivity index (χ4n) is 3.35. The number of thiophene rings is 1. The van der Waals surface area contributed by atoms with E-state index in [9.17, 15) is 4.79 Å². The average Bonchev–Trinajstić information content (AvgIpc) is 3.30. The van der Waals surface area contributed by atoms with Gasteiger partial charge in [0.2, 0.25) is 0 Å². The number of hydrogen-bond acceptors (Lipinski definition) is 6. The van der Waals surface area contributed by atoms with Gasteiger partial charge in [-0.05, 0) is 31.0 Å². The third-order valence-corrected chi connectivity index (χ3v) is 7.74. The minimum atomic E-state index is -0.166. The molecule has 1 aliphatic rings. The topological polar surface area (TPSA) is 45.7 Å². The fraction of sp³-hybridized carbons (Fsp3) is 0.400. The highest BCUT2D eigenvalue weighted by atomic mass is 35.5. The van der Waals surface area contributed by atoms with Crippen LogP contribution >= 0.6 is 45.9 Å². The Balaban J connectivity index is 1.69. The second-order valence-electron chi connectivity index (χ2n) is 7.02. The maximum Gasteiger partial charge on any atom is 0.262 e. The zero-order chi connectivity index (χ0) is 20.5. The normalized spacial score (nSPS) is 15.2. The molecule has 0 unspecified atom stereocenters. The molecule has 9 heteroatoms. The summed E-state index contributed by atoms with van der Waals surface area (Å²) in [5.41, 5.74) is 3.64. The van der Waals surface area contributed by atoms with Gasteiger partial charge in [-0.3, -0.25) is 14.6 Å². The first-order chi connectivity index (χ1) is 13.9. The molecule has 0 saturated carbocycles. The van der Waals surface area contributed by atoms with Gasteiger partial charge < -0.3 is 4.74 Å². The smallest absolute Gasteiger partial charge is 0.262 e. The molecule has 2 aromatic heterocycles. The van der Waals surface area contributed by atoms with Crippen molar-refractivity contribution in [2.75, 3.05) is 44.3 Å². The van der Waals surface area contributed by atoms with Gasteiger partial charge in [-0.25, -0.2) is 4.98 Å². The number of carbonyl (C=O) groups excluding carboxylic acids is 1. The number of morpholine rings is 1. The number of carbonyl (C=O) groups is 1. The fourth-order valence-corrected chi connectivity index (χ4v) is 5.93. The third-order valence-electron chi connectivity index (χ3n) is 5.04. The highest BCUT2D eigenvalue weighted by Crippen LogP contribution is 2.36. The monoisotopic (exact) mass is 469 g/mol. The van der Waals surface area contributed by atoms with Crippen molar-refractivity contribution in [1.29, 1.82) is 0 Å². The Morgan fingerprint density at radius 1 is 1.21 bits per heavy atom. The molecule has 0 bridgehead atoms. The number of aromatic nitrogens is 1. The van der Waals surface area contributed by atoms with Gasteiger partial charge in [0.1, 0.15) is 4.34 Å². The Morgan fingerprint density at radius 2 is 1.93 bits per heavy atom. The van der Waals surface area contributed by atoms with E-state index >= 15 is 0 Å². The van der Waals surface area contributed by atoms with E-state index in [1.54, 1.807) is 22.3 Å². The molecular weight excluding hydrogens is 449 g/mol. The Kier molecular flexibility index (Phi) is 6.44. The van der Waals surface area contributed by atoms with Crippen molar-refractivity contribution >= 4 is 67.1 Å². The van der Waals surface area contributed by atoms with Crippen LogP contribution in [0.4, 0.5) is 5.13 Å². The van der Waals surface area contributed by atoms with Crippen molar-refractivity contribution in [3.63, 3.8) is 0 Å². The number of rotatable bonds is 5. The summed E-state index contributed by atoms with van der Waals surface area (Å²) in [6, 6.07) is 5.80. The van der Waals surface area contributed by atoms with Gasteiger partial charge in [-0.15, -0.1) is 11.3 Å². The van der Waals surface area contributed by atoms with Crippen molar-refractivity contribution < 1.29 is 9.53 Å². The molecule has 3 heterocycles. The van der Waals surface area contributed by atoms with Crippen LogP contribution in [-0.2, 0) is 4.74 Å². The highest BCUT2D eigenvalue weighted by molar-refractivity contribution is 7.22. The third kappa shape index (κ3) is 4.45. The molecule has 1 fully saturated rings. The van der Waals surface area contributed by atoms with Gasteiger partial charge in [0, 0.05) is 26.2 Å². The van der Waals surface area contributed by atoms with Crippen molar-refractivity contribution in [2.24, 2.45) is 0 Å². The summed E-state index contributed by atoms with van der Waals surface area (Å²) in [4.78, 5) is 22.3. The van der Waals surface area contributed by atoms with Gasteiger partial charge in [-0.2, -0.15) is 0 Å². The number of amides is 1. The van der Waals surface area contributed by atoms with Crippen LogP contribution in [0.15, 0.2) is 18.2 Å². The van der Waals surface area contributed by atoms with Crippen LogP contribution in [0.1, 0.15) is 21.5 Å². The lowest BCUT2D eigenvalue weighted by molar-refractivity contribution is 0.0391. The summed E-state index contributed by atoms with van der Waals surface area (Å²) in [5, 5.41) is 0.689. The van der Waals surface area contributed by atoms with E-state index in [1.165, 1.54) is 11.3 Å². The molecule has 0 atom stereocenters. The number of aryl methyl sites for hydroxylation is 2. The number of hydrogen-bond donors (Lipinski definition) is 0. The first-order valence-corrected chi connectivity index (χ1v) is 11.8. The van der Waals surface area contributed by atoms with Crippen LogP contribution in [-0.4, -0.2) is 55.2 Å². The van der Waals surface area contributed by atoms with E-state index in [0.717, 1.165) is 54.2 Å². The van der Waals surface area contributed by atoms with E-state index in [1.807, 2.05) is 6.92 Å². The van der Waals surface area contributed by atoms with E-state index in [-0.39, 0.29) is 5.91 Å². The maximum atomic E-state index is 13.4. The standard InChI is InChI=1S/C20H21Cl2N3O2S2/c1-12-3-4-13(2)17-16(12)23-20(29-17)25(6-5-24-7-9-27-10-8-24)19(26)14-11-15(21)28-18(14)22/h3-4,11H,5-10H2,1-2H3. The molecule has 0 spiro atoms. The Labute approximate surface area is 187 Å². The van der Waals surface area contributed by atoms with Gasteiger partial charge in [0.15, 0.2) is 5.13 Å². The summed E-state index contributed by atoms with van der Waals surface area (Å²) in [7, 11) is 0. The summed E-state index contributed by atoms with van der Waals surface area (Å²) in [5.74, 6) is -0.166. The molecule has 0 radical (unpaired) electrons. The molecule has 154 valence electrons. The number of ether oxygens (including phenoxy) is 1. The molecule has 5 nitrogen and oxygen atoms in total. The van der Waals surface area contributed by atoms with Crippen LogP contribution in [0.5, 0.6) is 0 Å². The summed E-state index contributed by atoms with van der Waals surface area (Å²) in [6.45, 7) is 8.56. The molecule has 3 aromatic rings. The van der Waals surface area contributed by atoms with Gasteiger partial charge >= 0.3 is 0 Å². The van der Waals surface area contributed by atoms with Crippen molar-refractivity contribution in [2.45, 2.75) is 13.8 Å². The maximum absolute atomic E-state index is 13.4. The molecule has 4 rings (SSSR count). The van der Waals surface area contributed by atoms with E-state index in [4.69, 9.17) is 32.9 Å². The SMILES string of the molecule is Cc1ccc(C)c2sc(N(CCN3CCOCC3)C(=O)c3cc(Cl)sc3Cl)nc12. The van der Waals surface area contributed by atoms with Crippen LogP contribution in [0.3, 0.4) is 0 Å². The van der Waals surface area contributed by atoms with Crippen molar-refractivity contribution in [3.05, 3.63) is 43.6 Å². The quantitative estimate of drug-likeness (QED) is 0.510. The van der Waals surface area contributed by atoms with Crippen LogP contribution in [0.25, 0.3) is 10.2 Å². The van der Waals surface area contributed by atoms with Crippen LogP contribution < -0.4 is 4.90 Å². The van der Waals surface area contributed by atoms with Crippen LogP contribution in [0.2, 0.25) is 8.67 Å². The Morgan fingerprint density at radius 3 is 2.59 bits per heavy atom. The van der Waals surface area contributed by atoms with E-state index < -0.39 is 0 Å². The number of thiazole rings is 1. The first-order valence-electron chi connectivity index (χ1n) is 9.37. The Hall–Kier alpha value is -1.22. The Bertz CT molecular complexity index is 1000. The highest BCUT2D eigenvalue weighted by Gasteiger charge is 2.26. The number of anilines is 1. The second kappa shape index (κ2) is 8.88. The number of halogens is 2. The van der Waals surface area contributed by atoms with Gasteiger partial charge in [0.05, 0.1) is 33.3 Å². The summed E-state index contributed by atoms with van der Waals surface area (Å²) >= 11 is 15.1. The predicted octanol–water partition coefficient (Wildman–Crippen LogP) is 5.26. The molecule has 1 aliphatic heterocycles. The van der Waals surface area contributed by atoms with Gasteiger partial charge in [-0.1, -0.05) is 46.7 Å². The number of benzene rings is 1. The first kappa shape index (κ1) is 21.0. The molecule has 0 N–H and O–H groups in total. The lowest BCUT2D eigenvalue weighted by atomic mass is 10.1. The molecule has 1 aromatic carbocycles. The summed E-state index contributed by atoms with van der Waals surface area (Å²) < 4.78 is 7.45. The number of fused-ring (bicyclic) bond motifs is 1. The molecule has 1 amide bonds. The minimum Gasteiger partial charge on any atom is -0.379 e. The molecule has 0 aliphatic carbocycles. The predicted molar refractivity (Wildman–Crippen MR) is 122 cm³/mol. The summed E-state index contributed by atoms with van der Waals surface area (Å²) in [6.07, 6.45) is 0. The van der Waals surface area contributed by atoms with E-state index in [0.29, 0.717) is 25.9 Å². The number of nitrogens with zero attached hydrogens (tertiary/aromatic N) is 3. The molecular formula is C20H21Cl2N3O2S2. The minimum absolute atomic E-state index is 0.166. The van der Waals surface area contributed by atoms with Gasteiger partial charge in [0.25, 0.3) is 5.91 Å². The lowest BCUT2D eigenvalue weighted by Crippen LogP contribution is -2.43. The zero-order valence-corrected chi connectivity index (χ0v) is 19.4. The van der Waals surface area contributed by atoms with Crippen molar-refractivity contribution in [3.8, 4) is 0 Å². The van der Waals surface area contributed by atoms with E-state index in [2.05, 4.69) is 24.0 Å². The molecule has 1 saturated heterocycles. The molecule has 29 heavy (non-hydrogen) atoms. The lowest BCUT2D eigenvalue weighted by Gasteiger charge is -2.29. The largest absolute Gasteiger partial charge is 0.379 e.